The number of anilines is 1. The van der Waals surface area contributed by atoms with Gasteiger partial charge in [0.05, 0.1) is 0 Å². The summed E-state index contributed by atoms with van der Waals surface area (Å²) >= 11 is 6.83. The lowest BCUT2D eigenvalue weighted by atomic mass is 10.2. The molecule has 6 heteroatoms. The first-order valence-corrected chi connectivity index (χ1v) is 6.82. The van der Waals surface area contributed by atoms with E-state index in [9.17, 15) is 0 Å². The predicted molar refractivity (Wildman–Crippen MR) is 78.2 cm³/mol. The monoisotopic (exact) mass is 371 g/mol. The molecule has 18 heavy (non-hydrogen) atoms. The molecule has 0 atom stereocenters. The largest absolute Gasteiger partial charge is 0.437 e. The smallest absolute Gasteiger partial charge is 0.238 e. The number of rotatable bonds is 3. The first-order chi connectivity index (χ1) is 8.61. The Bertz CT molecular complexity index is 575. The van der Waals surface area contributed by atoms with Crippen LogP contribution in [0.5, 0.6) is 11.6 Å². The van der Waals surface area contributed by atoms with E-state index in [1.54, 1.807) is 7.05 Å². The van der Waals surface area contributed by atoms with Gasteiger partial charge in [-0.05, 0) is 46.6 Å². The Hall–Kier alpha value is -1.14. The van der Waals surface area contributed by atoms with Crippen LogP contribution >= 0.6 is 31.9 Å². The normalized spacial score (nSPS) is 10.2. The molecule has 0 bridgehead atoms. The molecule has 1 aromatic carbocycles. The molecular weight excluding hydrogens is 362 g/mol. The number of aryl methyl sites for hydroxylation is 1. The highest BCUT2D eigenvalue weighted by Gasteiger charge is 2.11. The third-order valence-electron chi connectivity index (χ3n) is 2.34. The minimum atomic E-state index is 0.486. The van der Waals surface area contributed by atoms with Gasteiger partial charge in [-0.15, -0.1) is 0 Å². The van der Waals surface area contributed by atoms with Gasteiger partial charge in [-0.3, -0.25) is 0 Å². The van der Waals surface area contributed by atoms with Crippen LogP contribution in [0.1, 0.15) is 5.56 Å². The van der Waals surface area contributed by atoms with Gasteiger partial charge in [0.2, 0.25) is 5.88 Å². The zero-order valence-corrected chi connectivity index (χ0v) is 13.0. The Morgan fingerprint density at radius 3 is 2.67 bits per heavy atom. The summed E-state index contributed by atoms with van der Waals surface area (Å²) in [5.74, 6) is 1.94. The molecule has 1 aromatic heterocycles. The third-order valence-corrected chi connectivity index (χ3v) is 3.55. The van der Waals surface area contributed by atoms with Crippen LogP contribution in [-0.4, -0.2) is 17.0 Å². The van der Waals surface area contributed by atoms with Gasteiger partial charge in [0.25, 0.3) is 0 Å². The summed E-state index contributed by atoms with van der Waals surface area (Å²) in [5, 5.41) is 2.96. The Labute approximate surface area is 122 Å². The molecule has 0 saturated heterocycles. The Balaban J connectivity index is 2.34. The molecule has 0 saturated carbocycles. The van der Waals surface area contributed by atoms with Gasteiger partial charge >= 0.3 is 0 Å². The number of halogens is 2. The average Bonchev–Trinajstić information content (AvgIpc) is 2.35. The second-order valence-electron chi connectivity index (χ2n) is 3.60. The highest BCUT2D eigenvalue weighted by molar-refractivity contribution is 9.11. The molecule has 0 unspecified atom stereocenters. The summed E-state index contributed by atoms with van der Waals surface area (Å²) in [6.45, 7) is 1.98. The lowest BCUT2D eigenvalue weighted by Crippen LogP contribution is -1.98. The van der Waals surface area contributed by atoms with E-state index < -0.39 is 0 Å². The van der Waals surface area contributed by atoms with Gasteiger partial charge in [0.1, 0.15) is 22.4 Å². The predicted octanol–water partition coefficient (Wildman–Crippen LogP) is 4.14. The van der Waals surface area contributed by atoms with Gasteiger partial charge in [0.15, 0.2) is 0 Å². The second kappa shape index (κ2) is 5.67. The SMILES string of the molecule is CNc1ncnc(Oc2ccc(Br)cc2C)c1Br. The van der Waals surface area contributed by atoms with Crippen molar-refractivity contribution in [3.8, 4) is 11.6 Å². The molecule has 1 heterocycles. The molecule has 0 spiro atoms. The fraction of sp³-hybridized carbons (Fsp3) is 0.167. The second-order valence-corrected chi connectivity index (χ2v) is 5.31. The van der Waals surface area contributed by atoms with E-state index in [2.05, 4.69) is 47.1 Å². The van der Waals surface area contributed by atoms with Crippen molar-refractivity contribution in [3.05, 3.63) is 39.0 Å². The van der Waals surface area contributed by atoms with Gasteiger partial charge < -0.3 is 10.1 Å². The molecule has 0 aliphatic carbocycles. The number of nitrogens with zero attached hydrogens (tertiary/aromatic N) is 2. The number of ether oxygens (including phenoxy) is 1. The van der Waals surface area contributed by atoms with Crippen LogP contribution in [0.2, 0.25) is 0 Å². The highest BCUT2D eigenvalue weighted by atomic mass is 79.9. The zero-order chi connectivity index (χ0) is 13.1. The quantitative estimate of drug-likeness (QED) is 0.879. The maximum Gasteiger partial charge on any atom is 0.238 e. The van der Waals surface area contributed by atoms with Crippen LogP contribution in [0.4, 0.5) is 5.82 Å². The summed E-state index contributed by atoms with van der Waals surface area (Å²) in [6.07, 6.45) is 1.46. The summed E-state index contributed by atoms with van der Waals surface area (Å²) in [5.41, 5.74) is 1.03. The van der Waals surface area contributed by atoms with Crippen LogP contribution in [0.15, 0.2) is 33.5 Å². The first kappa shape index (κ1) is 13.3. The molecule has 94 valence electrons. The molecule has 0 amide bonds. The fourth-order valence-corrected chi connectivity index (χ4v) is 2.39. The first-order valence-electron chi connectivity index (χ1n) is 5.24. The van der Waals surface area contributed by atoms with Gasteiger partial charge in [0, 0.05) is 11.5 Å². The zero-order valence-electron chi connectivity index (χ0n) is 9.87. The van der Waals surface area contributed by atoms with Crippen molar-refractivity contribution in [2.75, 3.05) is 12.4 Å². The van der Waals surface area contributed by atoms with Crippen LogP contribution in [-0.2, 0) is 0 Å². The molecule has 1 N–H and O–H groups in total. The number of benzene rings is 1. The molecule has 2 rings (SSSR count). The molecular formula is C12H11Br2N3O. The van der Waals surface area contributed by atoms with E-state index in [0.717, 1.165) is 15.8 Å². The van der Waals surface area contributed by atoms with E-state index in [-0.39, 0.29) is 0 Å². The van der Waals surface area contributed by atoms with Crippen LogP contribution in [0.25, 0.3) is 0 Å². The lowest BCUT2D eigenvalue weighted by Gasteiger charge is -2.10. The average molecular weight is 373 g/mol. The van der Waals surface area contributed by atoms with Gasteiger partial charge in [-0.1, -0.05) is 15.9 Å². The van der Waals surface area contributed by atoms with E-state index in [4.69, 9.17) is 4.74 Å². The number of hydrogen-bond donors (Lipinski definition) is 1. The van der Waals surface area contributed by atoms with Crippen molar-refractivity contribution in [3.63, 3.8) is 0 Å². The molecule has 0 aliphatic rings. The van der Waals surface area contributed by atoms with Gasteiger partial charge in [-0.25, -0.2) is 9.97 Å². The van der Waals surface area contributed by atoms with Crippen LogP contribution in [0, 0.1) is 6.92 Å². The molecule has 4 nitrogen and oxygen atoms in total. The van der Waals surface area contributed by atoms with Crippen molar-refractivity contribution < 1.29 is 4.74 Å². The number of hydrogen-bond acceptors (Lipinski definition) is 4. The van der Waals surface area contributed by atoms with Crippen LogP contribution in [0.3, 0.4) is 0 Å². The Kier molecular flexibility index (Phi) is 4.19. The maximum absolute atomic E-state index is 5.78. The maximum atomic E-state index is 5.78. The lowest BCUT2D eigenvalue weighted by molar-refractivity contribution is 0.455. The third kappa shape index (κ3) is 2.81. The summed E-state index contributed by atoms with van der Waals surface area (Å²) < 4.78 is 7.50. The molecule has 2 aromatic rings. The van der Waals surface area contributed by atoms with E-state index in [1.165, 1.54) is 6.33 Å². The number of nitrogens with one attached hydrogen (secondary N) is 1. The van der Waals surface area contributed by atoms with Crippen molar-refractivity contribution in [2.24, 2.45) is 0 Å². The fourth-order valence-electron chi connectivity index (χ4n) is 1.43. The van der Waals surface area contributed by atoms with E-state index in [1.807, 2.05) is 25.1 Å². The van der Waals surface area contributed by atoms with Gasteiger partial charge in [-0.2, -0.15) is 0 Å². The number of aromatic nitrogens is 2. The van der Waals surface area contributed by atoms with Crippen molar-refractivity contribution >= 4 is 37.7 Å². The van der Waals surface area contributed by atoms with E-state index >= 15 is 0 Å². The Morgan fingerprint density at radius 2 is 2.00 bits per heavy atom. The summed E-state index contributed by atoms with van der Waals surface area (Å²) in [7, 11) is 1.79. The summed E-state index contributed by atoms with van der Waals surface area (Å²) in [4.78, 5) is 8.19. The standard InChI is InChI=1S/C12H11Br2N3O/c1-7-5-8(13)3-4-9(7)18-12-10(14)11(15-2)16-6-17-12/h3-6H,1-2H3,(H,15,16,17). The molecule has 0 radical (unpaired) electrons. The minimum Gasteiger partial charge on any atom is -0.437 e. The Morgan fingerprint density at radius 1 is 1.22 bits per heavy atom. The summed E-state index contributed by atoms with van der Waals surface area (Å²) in [6, 6.07) is 5.81. The molecule has 0 aliphatic heterocycles. The highest BCUT2D eigenvalue weighted by Crippen LogP contribution is 2.33. The van der Waals surface area contributed by atoms with Crippen molar-refractivity contribution in [1.82, 2.24) is 9.97 Å². The van der Waals surface area contributed by atoms with Crippen molar-refractivity contribution in [2.45, 2.75) is 6.92 Å². The minimum absolute atomic E-state index is 0.486. The van der Waals surface area contributed by atoms with E-state index in [0.29, 0.717) is 16.2 Å². The van der Waals surface area contributed by atoms with Crippen molar-refractivity contribution in [1.29, 1.82) is 0 Å². The molecule has 0 fully saturated rings. The topological polar surface area (TPSA) is 47.0 Å². The van der Waals surface area contributed by atoms with Crippen LogP contribution < -0.4 is 10.1 Å².